The van der Waals surface area contributed by atoms with Gasteiger partial charge in [0.1, 0.15) is 11.9 Å². The Bertz CT molecular complexity index is 1230. The number of piperidine rings is 1. The highest BCUT2D eigenvalue weighted by atomic mass is 32.1. The maximum absolute atomic E-state index is 13.1. The first-order chi connectivity index (χ1) is 17.5. The second-order valence-corrected chi connectivity index (χ2v) is 10.3. The number of nitrogens with one attached hydrogen (secondary N) is 2. The van der Waals surface area contributed by atoms with Crippen molar-refractivity contribution in [2.75, 3.05) is 18.8 Å². The minimum absolute atomic E-state index is 0.0161. The zero-order chi connectivity index (χ0) is 25.1. The van der Waals surface area contributed by atoms with Crippen molar-refractivity contribution >= 4 is 35.1 Å². The van der Waals surface area contributed by atoms with Crippen LogP contribution in [0.25, 0.3) is 0 Å². The van der Waals surface area contributed by atoms with Crippen LogP contribution in [0.4, 0.5) is 5.69 Å². The first kappa shape index (κ1) is 24.1. The lowest BCUT2D eigenvalue weighted by atomic mass is 9.98. The number of ether oxygens (including phenoxy) is 1. The molecule has 0 radical (unpaired) electrons. The van der Waals surface area contributed by atoms with Crippen LogP contribution in [0.1, 0.15) is 58.8 Å². The van der Waals surface area contributed by atoms with E-state index in [2.05, 4.69) is 16.8 Å². The van der Waals surface area contributed by atoms with Crippen LogP contribution in [0.15, 0.2) is 59.3 Å². The number of amides is 2. The van der Waals surface area contributed by atoms with Crippen LogP contribution in [0.3, 0.4) is 0 Å². The summed E-state index contributed by atoms with van der Waals surface area (Å²) in [7, 11) is 0. The van der Waals surface area contributed by atoms with Gasteiger partial charge in [0.2, 0.25) is 6.41 Å². The fraction of sp³-hybridized carbons (Fsp3) is 0.321. The monoisotopic (exact) mass is 502 g/mol. The maximum atomic E-state index is 13.1. The molecule has 2 amide bonds. The molecule has 1 unspecified atom stereocenters. The van der Waals surface area contributed by atoms with E-state index in [9.17, 15) is 9.59 Å². The summed E-state index contributed by atoms with van der Waals surface area (Å²) in [5, 5.41) is 16.1. The van der Waals surface area contributed by atoms with Gasteiger partial charge in [0.25, 0.3) is 5.91 Å². The highest BCUT2D eigenvalue weighted by molar-refractivity contribution is 7.08. The summed E-state index contributed by atoms with van der Waals surface area (Å²) in [6.07, 6.45) is 4.80. The summed E-state index contributed by atoms with van der Waals surface area (Å²) in [5.41, 5.74) is 9.78. The normalized spacial score (nSPS) is 16.8. The van der Waals surface area contributed by atoms with E-state index in [1.165, 1.54) is 0 Å². The van der Waals surface area contributed by atoms with E-state index in [0.29, 0.717) is 41.4 Å². The molecule has 0 bridgehead atoms. The Balaban J connectivity index is 1.26. The van der Waals surface area contributed by atoms with Gasteiger partial charge >= 0.3 is 0 Å². The van der Waals surface area contributed by atoms with E-state index >= 15 is 0 Å². The molecule has 186 valence electrons. The third-order valence-corrected chi connectivity index (χ3v) is 7.64. The number of carbonyl (C=O) groups excluding carboxylic acids is 2. The number of hydrogen-bond acceptors (Lipinski definition) is 6. The van der Waals surface area contributed by atoms with Crippen molar-refractivity contribution in [2.24, 2.45) is 5.92 Å². The molecule has 3 aromatic rings. The smallest absolute Gasteiger partial charge is 0.251 e. The van der Waals surface area contributed by atoms with Crippen molar-refractivity contribution in [2.45, 2.75) is 37.8 Å². The Labute approximate surface area is 214 Å². The average Bonchev–Trinajstić information content (AvgIpc) is 3.61. The fourth-order valence-electron chi connectivity index (χ4n) is 4.64. The molecular formula is C28H30N4O3S. The zero-order valence-corrected chi connectivity index (χ0v) is 20.8. The van der Waals surface area contributed by atoms with E-state index in [1.807, 2.05) is 29.6 Å². The number of rotatable bonds is 9. The van der Waals surface area contributed by atoms with E-state index in [1.54, 1.807) is 34.4 Å². The highest BCUT2D eigenvalue weighted by Crippen LogP contribution is 2.41. The molecule has 2 aromatic carbocycles. The van der Waals surface area contributed by atoms with Crippen molar-refractivity contribution in [1.29, 1.82) is 5.41 Å². The molecule has 4 N–H and O–H groups in total. The molecule has 1 saturated heterocycles. The molecule has 1 aliphatic heterocycles. The van der Waals surface area contributed by atoms with Crippen molar-refractivity contribution in [3.05, 3.63) is 81.5 Å². The van der Waals surface area contributed by atoms with Gasteiger partial charge in [-0.1, -0.05) is 0 Å². The SMILES string of the molecule is N=C(c1ccc(OC2CCN(C=O)CC2)cc1)c1cc(C(=O)NC(c2ccsc2)C2CC2)ccc1N. The van der Waals surface area contributed by atoms with Crippen LogP contribution in [0.5, 0.6) is 5.75 Å². The second-order valence-electron chi connectivity index (χ2n) is 9.51. The summed E-state index contributed by atoms with van der Waals surface area (Å²) < 4.78 is 6.06. The minimum atomic E-state index is -0.156. The van der Waals surface area contributed by atoms with Gasteiger partial charge in [0.15, 0.2) is 0 Å². The lowest BCUT2D eigenvalue weighted by Gasteiger charge is -2.29. The van der Waals surface area contributed by atoms with Gasteiger partial charge in [0.05, 0.1) is 11.8 Å². The number of likely N-dealkylation sites (tertiary alicyclic amines) is 1. The molecule has 1 atom stereocenters. The van der Waals surface area contributed by atoms with E-state index < -0.39 is 0 Å². The molecule has 2 aliphatic rings. The van der Waals surface area contributed by atoms with Gasteiger partial charge in [-0.2, -0.15) is 11.3 Å². The lowest BCUT2D eigenvalue weighted by Crippen LogP contribution is -2.37. The molecule has 1 aliphatic carbocycles. The van der Waals surface area contributed by atoms with Crippen molar-refractivity contribution in [3.63, 3.8) is 0 Å². The number of nitrogens with two attached hydrogens (primary N) is 1. The number of hydrogen-bond donors (Lipinski definition) is 3. The Morgan fingerprint density at radius 1 is 1.08 bits per heavy atom. The first-order valence-corrected chi connectivity index (χ1v) is 13.2. The molecule has 2 fully saturated rings. The van der Waals surface area contributed by atoms with Gasteiger partial charge in [-0.05, 0) is 83.6 Å². The Kier molecular flexibility index (Phi) is 7.04. The van der Waals surface area contributed by atoms with Crippen LogP contribution in [-0.4, -0.2) is 42.1 Å². The van der Waals surface area contributed by atoms with E-state index in [0.717, 1.165) is 43.4 Å². The summed E-state index contributed by atoms with van der Waals surface area (Å²) in [6.45, 7) is 1.41. The topological polar surface area (TPSA) is 109 Å². The van der Waals surface area contributed by atoms with Crippen LogP contribution >= 0.6 is 11.3 Å². The number of nitrogens with zero attached hydrogens (tertiary/aromatic N) is 1. The first-order valence-electron chi connectivity index (χ1n) is 12.3. The molecule has 0 spiro atoms. The molecule has 7 nitrogen and oxygen atoms in total. The van der Waals surface area contributed by atoms with Gasteiger partial charge in [0, 0.05) is 48.3 Å². The van der Waals surface area contributed by atoms with Crippen LogP contribution in [-0.2, 0) is 4.79 Å². The number of nitrogen functional groups attached to an aromatic ring is 1. The molecule has 5 rings (SSSR count). The standard InChI is InChI=1S/C28H30N4O3S/c29-25-8-5-20(28(34)31-27(19-1-2-19)21-11-14-36-16-21)15-24(25)26(30)18-3-6-22(7-4-18)35-23-9-12-32(17-33)13-10-23/h3-8,11,14-17,19,23,27,30H,1-2,9-10,12-13,29H2,(H,31,34). The van der Waals surface area contributed by atoms with E-state index in [-0.39, 0.29) is 23.8 Å². The average molecular weight is 503 g/mol. The molecule has 36 heavy (non-hydrogen) atoms. The van der Waals surface area contributed by atoms with Gasteiger partial charge in [-0.3, -0.25) is 15.0 Å². The minimum Gasteiger partial charge on any atom is -0.490 e. The molecule has 2 heterocycles. The van der Waals surface area contributed by atoms with E-state index in [4.69, 9.17) is 15.9 Å². The molecular weight excluding hydrogens is 472 g/mol. The fourth-order valence-corrected chi connectivity index (χ4v) is 5.34. The predicted molar refractivity (Wildman–Crippen MR) is 142 cm³/mol. The molecule has 1 aromatic heterocycles. The number of carbonyl (C=O) groups is 2. The largest absolute Gasteiger partial charge is 0.490 e. The highest BCUT2D eigenvalue weighted by Gasteiger charge is 2.34. The third kappa shape index (κ3) is 5.44. The number of thiophene rings is 1. The van der Waals surface area contributed by atoms with Crippen LogP contribution in [0.2, 0.25) is 0 Å². The lowest BCUT2D eigenvalue weighted by molar-refractivity contribution is -0.119. The van der Waals surface area contributed by atoms with Crippen molar-refractivity contribution < 1.29 is 14.3 Å². The van der Waals surface area contributed by atoms with Gasteiger partial charge < -0.3 is 20.7 Å². The maximum Gasteiger partial charge on any atom is 0.251 e. The molecule has 8 heteroatoms. The predicted octanol–water partition coefficient (Wildman–Crippen LogP) is 4.63. The third-order valence-electron chi connectivity index (χ3n) is 6.94. The van der Waals surface area contributed by atoms with Crippen LogP contribution in [0, 0.1) is 11.3 Å². The summed E-state index contributed by atoms with van der Waals surface area (Å²) in [5.74, 6) is 1.06. The Hall–Kier alpha value is -3.65. The Morgan fingerprint density at radius 2 is 1.81 bits per heavy atom. The molecule has 1 saturated carbocycles. The number of anilines is 1. The van der Waals surface area contributed by atoms with Crippen LogP contribution < -0.4 is 15.8 Å². The summed E-state index contributed by atoms with van der Waals surface area (Å²) >= 11 is 1.63. The van der Waals surface area contributed by atoms with Crippen molar-refractivity contribution in [3.8, 4) is 5.75 Å². The van der Waals surface area contributed by atoms with Crippen molar-refractivity contribution in [1.82, 2.24) is 10.2 Å². The number of benzene rings is 2. The second kappa shape index (κ2) is 10.5. The summed E-state index contributed by atoms with van der Waals surface area (Å²) in [4.78, 5) is 25.8. The van der Waals surface area contributed by atoms with Gasteiger partial charge in [-0.25, -0.2) is 0 Å². The summed E-state index contributed by atoms with van der Waals surface area (Å²) in [6, 6.07) is 14.6. The van der Waals surface area contributed by atoms with Gasteiger partial charge in [-0.15, -0.1) is 0 Å². The Morgan fingerprint density at radius 3 is 2.44 bits per heavy atom. The quantitative estimate of drug-likeness (QED) is 0.225. The zero-order valence-electron chi connectivity index (χ0n) is 20.0.